The van der Waals surface area contributed by atoms with Crippen molar-refractivity contribution in [1.29, 1.82) is 0 Å². The summed E-state index contributed by atoms with van der Waals surface area (Å²) in [5.74, 6) is 0. The summed E-state index contributed by atoms with van der Waals surface area (Å²) in [5.41, 5.74) is 2.84. The van der Waals surface area contributed by atoms with Crippen LogP contribution in [0.5, 0.6) is 0 Å². The van der Waals surface area contributed by atoms with Gasteiger partial charge in [0, 0.05) is 25.9 Å². The molecular weight excluding hydrogens is 202 g/mol. The SMILES string of the molecule is COC1C=C(C)CCC(N2CCOCC2)=C1. The second-order valence-electron chi connectivity index (χ2n) is 4.47. The summed E-state index contributed by atoms with van der Waals surface area (Å²) in [7, 11) is 1.77. The van der Waals surface area contributed by atoms with E-state index in [2.05, 4.69) is 24.0 Å². The Labute approximate surface area is 97.7 Å². The Balaban J connectivity index is 2.06. The van der Waals surface area contributed by atoms with Crippen LogP contribution in [0.2, 0.25) is 0 Å². The molecule has 0 amide bonds. The normalized spacial score (nSPS) is 27.1. The number of nitrogens with zero attached hydrogens (tertiary/aromatic N) is 1. The highest BCUT2D eigenvalue weighted by Gasteiger charge is 2.17. The van der Waals surface area contributed by atoms with Crippen LogP contribution in [0.3, 0.4) is 0 Å². The van der Waals surface area contributed by atoms with E-state index in [9.17, 15) is 0 Å². The summed E-state index contributed by atoms with van der Waals surface area (Å²) in [6, 6.07) is 0. The van der Waals surface area contributed by atoms with Gasteiger partial charge in [0.25, 0.3) is 0 Å². The molecule has 16 heavy (non-hydrogen) atoms. The summed E-state index contributed by atoms with van der Waals surface area (Å²) in [4.78, 5) is 2.43. The van der Waals surface area contributed by atoms with Crippen molar-refractivity contribution in [3.63, 3.8) is 0 Å². The molecule has 2 aliphatic rings. The highest BCUT2D eigenvalue weighted by Crippen LogP contribution is 2.22. The van der Waals surface area contributed by atoms with E-state index in [0.717, 1.165) is 39.1 Å². The third-order valence-corrected chi connectivity index (χ3v) is 3.27. The van der Waals surface area contributed by atoms with Gasteiger partial charge in [0.1, 0.15) is 0 Å². The van der Waals surface area contributed by atoms with Crippen molar-refractivity contribution < 1.29 is 9.47 Å². The highest BCUT2D eigenvalue weighted by molar-refractivity contribution is 5.19. The van der Waals surface area contributed by atoms with Gasteiger partial charge in [-0.25, -0.2) is 0 Å². The van der Waals surface area contributed by atoms with Crippen LogP contribution in [0.1, 0.15) is 19.8 Å². The lowest BCUT2D eigenvalue weighted by molar-refractivity contribution is 0.0512. The van der Waals surface area contributed by atoms with E-state index in [1.165, 1.54) is 11.3 Å². The van der Waals surface area contributed by atoms with E-state index in [1.54, 1.807) is 7.11 Å². The fourth-order valence-corrected chi connectivity index (χ4v) is 2.26. The van der Waals surface area contributed by atoms with Crippen molar-refractivity contribution in [2.45, 2.75) is 25.9 Å². The lowest BCUT2D eigenvalue weighted by Gasteiger charge is -2.31. The van der Waals surface area contributed by atoms with Gasteiger partial charge in [0.05, 0.1) is 19.3 Å². The average Bonchev–Trinajstić information content (AvgIpc) is 2.52. The molecule has 1 saturated heterocycles. The molecule has 0 aromatic carbocycles. The highest BCUT2D eigenvalue weighted by atomic mass is 16.5. The standard InChI is InChI=1S/C13H21NO2/c1-11-3-4-12(10-13(9-11)15-2)14-5-7-16-8-6-14/h9-10,13H,3-8H2,1-2H3. The zero-order valence-corrected chi connectivity index (χ0v) is 10.2. The molecule has 1 heterocycles. The topological polar surface area (TPSA) is 21.7 Å². The molecule has 1 aliphatic carbocycles. The summed E-state index contributed by atoms with van der Waals surface area (Å²) >= 11 is 0. The van der Waals surface area contributed by atoms with Crippen LogP contribution in [0.25, 0.3) is 0 Å². The maximum Gasteiger partial charge on any atom is 0.0955 e. The van der Waals surface area contributed by atoms with Crippen LogP contribution in [-0.4, -0.2) is 44.4 Å². The molecule has 2 rings (SSSR count). The zero-order chi connectivity index (χ0) is 11.4. The first kappa shape index (κ1) is 11.7. The number of morpholine rings is 1. The molecule has 0 aromatic heterocycles. The second-order valence-corrected chi connectivity index (χ2v) is 4.47. The average molecular weight is 223 g/mol. The molecule has 0 aromatic rings. The molecule has 1 unspecified atom stereocenters. The molecule has 1 aliphatic heterocycles. The van der Waals surface area contributed by atoms with Crippen LogP contribution in [0.15, 0.2) is 23.4 Å². The number of ether oxygens (including phenoxy) is 2. The van der Waals surface area contributed by atoms with Crippen molar-refractivity contribution in [3.05, 3.63) is 23.4 Å². The predicted octanol–water partition coefficient (Wildman–Crippen LogP) is 1.96. The van der Waals surface area contributed by atoms with E-state index < -0.39 is 0 Å². The lowest BCUT2D eigenvalue weighted by Crippen LogP contribution is -2.35. The second kappa shape index (κ2) is 5.51. The van der Waals surface area contributed by atoms with E-state index in [4.69, 9.17) is 9.47 Å². The minimum absolute atomic E-state index is 0.139. The quantitative estimate of drug-likeness (QED) is 0.668. The van der Waals surface area contributed by atoms with Crippen LogP contribution >= 0.6 is 0 Å². The Morgan fingerprint density at radius 2 is 2.00 bits per heavy atom. The van der Waals surface area contributed by atoms with Gasteiger partial charge in [-0.15, -0.1) is 0 Å². The molecule has 3 nitrogen and oxygen atoms in total. The summed E-state index contributed by atoms with van der Waals surface area (Å²) in [5, 5.41) is 0. The van der Waals surface area contributed by atoms with Crippen molar-refractivity contribution in [2.75, 3.05) is 33.4 Å². The number of hydrogen-bond acceptors (Lipinski definition) is 3. The first-order valence-electron chi connectivity index (χ1n) is 6.03. The Morgan fingerprint density at radius 3 is 2.69 bits per heavy atom. The van der Waals surface area contributed by atoms with Gasteiger partial charge >= 0.3 is 0 Å². The molecule has 0 radical (unpaired) electrons. The smallest absolute Gasteiger partial charge is 0.0955 e. The van der Waals surface area contributed by atoms with Gasteiger partial charge in [0.2, 0.25) is 0 Å². The summed E-state index contributed by atoms with van der Waals surface area (Å²) < 4.78 is 10.8. The third kappa shape index (κ3) is 2.86. The fraction of sp³-hybridized carbons (Fsp3) is 0.692. The van der Waals surface area contributed by atoms with Crippen molar-refractivity contribution >= 4 is 0 Å². The monoisotopic (exact) mass is 223 g/mol. The molecule has 0 N–H and O–H groups in total. The van der Waals surface area contributed by atoms with Gasteiger partial charge in [-0.1, -0.05) is 11.6 Å². The maximum atomic E-state index is 5.45. The van der Waals surface area contributed by atoms with Gasteiger partial charge in [0.15, 0.2) is 0 Å². The molecule has 1 fully saturated rings. The first-order chi connectivity index (χ1) is 7.79. The Kier molecular flexibility index (Phi) is 4.02. The van der Waals surface area contributed by atoms with Crippen LogP contribution < -0.4 is 0 Å². The van der Waals surface area contributed by atoms with Crippen molar-refractivity contribution in [3.8, 4) is 0 Å². The molecule has 90 valence electrons. The summed E-state index contributed by atoms with van der Waals surface area (Å²) in [6.07, 6.45) is 6.88. The van der Waals surface area contributed by atoms with Gasteiger partial charge in [-0.3, -0.25) is 0 Å². The fourth-order valence-electron chi connectivity index (χ4n) is 2.26. The molecule has 3 heteroatoms. The van der Waals surface area contributed by atoms with E-state index in [-0.39, 0.29) is 6.10 Å². The van der Waals surface area contributed by atoms with Gasteiger partial charge in [-0.2, -0.15) is 0 Å². The largest absolute Gasteiger partial charge is 0.378 e. The van der Waals surface area contributed by atoms with E-state index in [0.29, 0.717) is 0 Å². The number of hydrogen-bond donors (Lipinski definition) is 0. The van der Waals surface area contributed by atoms with Crippen LogP contribution in [0, 0.1) is 0 Å². The molecule has 0 spiro atoms. The Hall–Kier alpha value is -0.800. The molecule has 0 saturated carbocycles. The summed E-state index contributed by atoms with van der Waals surface area (Å²) in [6.45, 7) is 5.91. The van der Waals surface area contributed by atoms with Gasteiger partial charge < -0.3 is 14.4 Å². The predicted molar refractivity (Wildman–Crippen MR) is 64.3 cm³/mol. The molecular formula is C13H21NO2. The van der Waals surface area contributed by atoms with Crippen LogP contribution in [0.4, 0.5) is 0 Å². The minimum atomic E-state index is 0.139. The lowest BCUT2D eigenvalue weighted by atomic mass is 10.1. The minimum Gasteiger partial charge on any atom is -0.378 e. The molecule has 1 atom stereocenters. The van der Waals surface area contributed by atoms with Crippen molar-refractivity contribution in [2.24, 2.45) is 0 Å². The number of rotatable bonds is 2. The van der Waals surface area contributed by atoms with Crippen LogP contribution in [-0.2, 0) is 9.47 Å². The Bertz CT molecular complexity index is 290. The van der Waals surface area contributed by atoms with Gasteiger partial charge in [-0.05, 0) is 25.8 Å². The third-order valence-electron chi connectivity index (χ3n) is 3.27. The maximum absolute atomic E-state index is 5.45. The molecule has 0 bridgehead atoms. The van der Waals surface area contributed by atoms with Crippen molar-refractivity contribution in [1.82, 2.24) is 4.90 Å². The van der Waals surface area contributed by atoms with E-state index >= 15 is 0 Å². The zero-order valence-electron chi connectivity index (χ0n) is 10.2. The van der Waals surface area contributed by atoms with E-state index in [1.807, 2.05) is 0 Å². The number of allylic oxidation sites excluding steroid dienone is 2. The Morgan fingerprint density at radius 1 is 1.25 bits per heavy atom. The number of methoxy groups -OCH3 is 1. The first-order valence-corrected chi connectivity index (χ1v) is 6.03.